The van der Waals surface area contributed by atoms with Gasteiger partial charge >= 0.3 is 5.97 Å². The highest BCUT2D eigenvalue weighted by Crippen LogP contribution is 2.67. The van der Waals surface area contributed by atoms with Crippen molar-refractivity contribution in [1.29, 1.82) is 0 Å². The molecule has 6 aromatic rings. The molecule has 6 bridgehead atoms. The number of cyclic esters (lactones) is 1. The third-order valence-electron chi connectivity index (χ3n) is 14.6. The zero-order valence-corrected chi connectivity index (χ0v) is 39.1. The molecule has 2 saturated carbocycles. The van der Waals surface area contributed by atoms with Gasteiger partial charge in [-0.3, -0.25) is 29.4 Å². The molecule has 1 amide bonds. The number of carbonyl (C=O) groups is 3. The first-order chi connectivity index (χ1) is 31.4. The second-order valence-corrected chi connectivity index (χ2v) is 20.2. The van der Waals surface area contributed by atoms with Crippen LogP contribution in [0.3, 0.4) is 0 Å². The van der Waals surface area contributed by atoms with Crippen molar-refractivity contribution in [2.24, 2.45) is 28.6 Å². The molecule has 2 aliphatic heterocycles. The van der Waals surface area contributed by atoms with Gasteiger partial charge in [0.25, 0.3) is 0 Å². The van der Waals surface area contributed by atoms with Gasteiger partial charge in [0.2, 0.25) is 5.91 Å². The summed E-state index contributed by atoms with van der Waals surface area (Å²) in [6, 6.07) is 22.0. The molecule has 4 aromatic heterocycles. The number of hydrogen-bond donors (Lipinski definition) is 1. The highest BCUT2D eigenvalue weighted by molar-refractivity contribution is 7.10. The van der Waals surface area contributed by atoms with Gasteiger partial charge in [-0.15, -0.1) is 11.3 Å². The lowest BCUT2D eigenvalue weighted by Gasteiger charge is -2.37. The number of ether oxygens (including phenoxy) is 3. The first-order valence-corrected chi connectivity index (χ1v) is 24.1. The topological polar surface area (TPSA) is 138 Å². The van der Waals surface area contributed by atoms with Gasteiger partial charge in [0.1, 0.15) is 22.9 Å². The van der Waals surface area contributed by atoms with Gasteiger partial charge in [0.05, 0.1) is 40.7 Å². The Kier molecular flexibility index (Phi) is 11.3. The summed E-state index contributed by atoms with van der Waals surface area (Å²) in [4.78, 5) is 59.4. The fourth-order valence-electron chi connectivity index (χ4n) is 11.0. The number of pyridine rings is 2. The third kappa shape index (κ3) is 7.48. The van der Waals surface area contributed by atoms with Crippen LogP contribution in [0.1, 0.15) is 101 Å². The van der Waals surface area contributed by atoms with Crippen molar-refractivity contribution in [3.05, 3.63) is 100 Å². The van der Waals surface area contributed by atoms with Gasteiger partial charge in [-0.25, -0.2) is 10.4 Å². The van der Waals surface area contributed by atoms with E-state index in [1.54, 1.807) is 12.1 Å². The van der Waals surface area contributed by atoms with Gasteiger partial charge in [-0.1, -0.05) is 51.1 Å². The molecule has 12 nitrogen and oxygen atoms in total. The highest BCUT2D eigenvalue weighted by Gasteiger charge is 2.73. The molecule has 13 heteroatoms. The highest BCUT2D eigenvalue weighted by atomic mass is 32.1. The van der Waals surface area contributed by atoms with E-state index in [1.807, 2.05) is 61.8 Å². The number of hydrogen-bond acceptors (Lipinski definition) is 11. The number of Topliss-reactive ketones (excluding diaryl/α,β-unsaturated/α-hetero) is 1. The molecule has 3 fully saturated rings. The molecule has 1 saturated heterocycles. The van der Waals surface area contributed by atoms with Crippen molar-refractivity contribution in [2.75, 3.05) is 26.9 Å². The molecule has 8 atom stereocenters. The lowest BCUT2D eigenvalue weighted by Crippen LogP contribution is -2.58. The maximum Gasteiger partial charge on any atom is 0.324 e. The van der Waals surface area contributed by atoms with Gasteiger partial charge in [-0.2, -0.15) is 0 Å². The molecule has 1 unspecified atom stereocenters. The number of carbonyl (C=O) groups excluding carboxylic acids is 3. The van der Waals surface area contributed by atoms with E-state index in [0.717, 1.165) is 61.3 Å². The van der Waals surface area contributed by atoms with E-state index >= 15 is 4.79 Å². The lowest BCUT2D eigenvalue weighted by molar-refractivity contribution is -0.159. The molecule has 4 aliphatic rings. The Bertz CT molecular complexity index is 2830. The van der Waals surface area contributed by atoms with Crippen LogP contribution in [0.15, 0.2) is 78.3 Å². The molecule has 2 aliphatic carbocycles. The van der Waals surface area contributed by atoms with Crippen molar-refractivity contribution in [1.82, 2.24) is 30.0 Å². The normalized spacial score (nSPS) is 26.8. The number of esters is 1. The predicted octanol–water partition coefficient (Wildman–Crippen LogP) is 9.43. The maximum absolute atomic E-state index is 15.3. The van der Waals surface area contributed by atoms with Crippen LogP contribution in [0.5, 0.6) is 0 Å². The Morgan fingerprint density at radius 3 is 2.69 bits per heavy atom. The molecular formula is C52H58N6O6S. The first-order valence-electron chi connectivity index (χ1n) is 23.2. The Balaban J connectivity index is 1.08. The Morgan fingerprint density at radius 2 is 1.89 bits per heavy atom. The maximum atomic E-state index is 15.3. The third-order valence-corrected chi connectivity index (χ3v) is 15.4. The van der Waals surface area contributed by atoms with Crippen LogP contribution in [-0.2, 0) is 41.6 Å². The van der Waals surface area contributed by atoms with E-state index in [9.17, 15) is 9.59 Å². The second kappa shape index (κ2) is 16.8. The summed E-state index contributed by atoms with van der Waals surface area (Å²) in [6.45, 7) is 14.0. The number of fused-ring (bicyclic) bond motifs is 7. The summed E-state index contributed by atoms with van der Waals surface area (Å²) in [6.07, 6.45) is 2.82. The lowest BCUT2D eigenvalue weighted by atomic mass is 9.84. The van der Waals surface area contributed by atoms with Crippen molar-refractivity contribution in [3.8, 4) is 22.5 Å². The minimum atomic E-state index is -1.22. The van der Waals surface area contributed by atoms with Crippen molar-refractivity contribution < 1.29 is 28.6 Å². The number of ketones is 1. The van der Waals surface area contributed by atoms with E-state index in [-0.39, 0.29) is 42.2 Å². The molecule has 338 valence electrons. The average Bonchev–Trinajstić information content (AvgIpc) is 4.13. The SMILES string of the molecule is CCO[C@@H]1c2nc(cs2)-c2ccc3c(c2)c(c(-c2cccnc2[C@H](C)OC)n3CC)CC(C)(C)COC(=O)[C@@H]2CCCN(N2)C(=O)[C@]12CC2C(=O)[C@H]1[C@H](C)[C@@H]1c1ccc2ccccc2n1. The predicted molar refractivity (Wildman–Crippen MR) is 251 cm³/mol. The molecule has 1 N–H and O–H groups in total. The monoisotopic (exact) mass is 894 g/mol. The second-order valence-electron chi connectivity index (χ2n) is 19.3. The number of methoxy groups -OCH3 is 1. The van der Waals surface area contributed by atoms with Crippen LogP contribution in [0.4, 0.5) is 0 Å². The van der Waals surface area contributed by atoms with E-state index in [4.69, 9.17) is 29.2 Å². The first kappa shape index (κ1) is 43.5. The summed E-state index contributed by atoms with van der Waals surface area (Å²) in [5, 5.41) is 6.40. The van der Waals surface area contributed by atoms with E-state index in [2.05, 4.69) is 68.0 Å². The van der Waals surface area contributed by atoms with Crippen LogP contribution >= 0.6 is 11.3 Å². The molecule has 6 heterocycles. The minimum Gasteiger partial charge on any atom is -0.464 e. The molecular weight excluding hydrogens is 837 g/mol. The van der Waals surface area contributed by atoms with Gasteiger partial charge in [0, 0.05) is 94.7 Å². The zero-order valence-electron chi connectivity index (χ0n) is 38.3. The quantitative estimate of drug-likeness (QED) is 0.140. The Morgan fingerprint density at radius 1 is 1.06 bits per heavy atom. The number of aromatic nitrogens is 4. The Hall–Kier alpha value is -5.34. The number of aryl methyl sites for hydroxylation is 1. The average molecular weight is 895 g/mol. The van der Waals surface area contributed by atoms with Crippen molar-refractivity contribution in [3.63, 3.8) is 0 Å². The zero-order chi connectivity index (χ0) is 45.4. The molecule has 10 rings (SSSR count). The summed E-state index contributed by atoms with van der Waals surface area (Å²) in [5.41, 5.74) is 10.2. The number of thiazole rings is 1. The number of nitrogens with one attached hydrogen (secondary N) is 1. The van der Waals surface area contributed by atoms with Crippen molar-refractivity contribution >= 4 is 50.8 Å². The van der Waals surface area contributed by atoms with Crippen LogP contribution in [0.25, 0.3) is 44.3 Å². The summed E-state index contributed by atoms with van der Waals surface area (Å²) < 4.78 is 21.0. The minimum absolute atomic E-state index is 0.0383. The number of amides is 1. The van der Waals surface area contributed by atoms with Gasteiger partial charge in [-0.05, 0) is 94.3 Å². The summed E-state index contributed by atoms with van der Waals surface area (Å²) in [7, 11) is 1.70. The molecule has 1 spiro atoms. The standard InChI is InChI=1S/C52H58N6O6S/c1-8-57-41-21-19-32-24-34(41)35(45(57)33-15-12-22-53-44(33)30(4)62-7)25-51(5,6)28-64-49(60)39-17-13-23-58(56-39)50(61)52(47(63-9-2)48-55-40(32)27-65-48)26-36(52)46(59)43-29(3)42(43)38-20-18-31-14-10-11-16-37(31)54-38/h10-12,14-16,18-22,24,27,29-30,36,39,42-43,47,56H,8-9,13,17,23,25-26,28H2,1-7H3/t29-,30+,36?,39+,42-,43+,47-,52+/m1/s1. The summed E-state index contributed by atoms with van der Waals surface area (Å²) >= 11 is 1.46. The van der Waals surface area contributed by atoms with Crippen LogP contribution in [0.2, 0.25) is 0 Å². The van der Waals surface area contributed by atoms with E-state index in [0.29, 0.717) is 50.4 Å². The number of rotatable bonds is 9. The number of hydrazine groups is 1. The number of para-hydroxylation sites is 1. The molecule has 2 aromatic carbocycles. The number of benzene rings is 2. The van der Waals surface area contributed by atoms with E-state index < -0.39 is 34.9 Å². The van der Waals surface area contributed by atoms with Gasteiger partial charge in [0.15, 0.2) is 0 Å². The van der Waals surface area contributed by atoms with Crippen molar-refractivity contribution in [2.45, 2.75) is 97.9 Å². The fraction of sp³-hybridized carbons (Fsp3) is 0.462. The van der Waals surface area contributed by atoms with Crippen LogP contribution in [0, 0.1) is 28.6 Å². The van der Waals surface area contributed by atoms with Gasteiger partial charge < -0.3 is 18.8 Å². The number of nitrogens with zero attached hydrogens (tertiary/aromatic N) is 5. The smallest absolute Gasteiger partial charge is 0.324 e. The molecule has 0 radical (unpaired) electrons. The molecule has 65 heavy (non-hydrogen) atoms. The van der Waals surface area contributed by atoms with E-state index in [1.165, 1.54) is 11.3 Å². The Labute approximate surface area is 384 Å². The van der Waals surface area contributed by atoms with Crippen LogP contribution < -0.4 is 5.43 Å². The van der Waals surface area contributed by atoms with Crippen LogP contribution in [-0.4, -0.2) is 75.1 Å². The largest absolute Gasteiger partial charge is 0.464 e. The fourth-order valence-corrected chi connectivity index (χ4v) is 11.9. The summed E-state index contributed by atoms with van der Waals surface area (Å²) in [5.74, 6) is -1.41.